The zero-order chi connectivity index (χ0) is 23.6. The zero-order valence-electron chi connectivity index (χ0n) is 19.7. The number of hydrogen-bond donors (Lipinski definition) is 0. The number of piperidine rings is 2. The molecule has 1 aromatic heterocycles. The quantitative estimate of drug-likeness (QED) is 0.610. The predicted molar refractivity (Wildman–Crippen MR) is 128 cm³/mol. The molecule has 0 unspecified atom stereocenters. The van der Waals surface area contributed by atoms with Crippen molar-refractivity contribution < 1.29 is 14.3 Å². The lowest BCUT2D eigenvalue weighted by molar-refractivity contribution is 0.0203. The molecule has 0 N–H and O–H groups in total. The molecule has 2 saturated heterocycles. The molecule has 2 aliphatic heterocycles. The Morgan fingerprint density at radius 3 is 2.21 bits per heavy atom. The number of benzene rings is 1. The zero-order valence-corrected chi connectivity index (χ0v) is 20.5. The van der Waals surface area contributed by atoms with Gasteiger partial charge in [0, 0.05) is 37.1 Å². The van der Waals surface area contributed by atoms with Crippen molar-refractivity contribution in [1.82, 2.24) is 19.6 Å². The van der Waals surface area contributed by atoms with Gasteiger partial charge >= 0.3 is 6.09 Å². The van der Waals surface area contributed by atoms with Crippen molar-refractivity contribution in [2.75, 3.05) is 26.2 Å². The van der Waals surface area contributed by atoms with Gasteiger partial charge in [0.2, 0.25) is 0 Å². The van der Waals surface area contributed by atoms with E-state index in [9.17, 15) is 9.59 Å². The fourth-order valence-electron chi connectivity index (χ4n) is 4.63. The largest absolute Gasteiger partial charge is 0.444 e. The molecule has 0 radical (unpaired) electrons. The topological polar surface area (TPSA) is 67.7 Å². The predicted octanol–water partition coefficient (Wildman–Crippen LogP) is 5.27. The second-order valence-corrected chi connectivity index (χ2v) is 10.4. The summed E-state index contributed by atoms with van der Waals surface area (Å²) in [6.07, 6.45) is 6.18. The molecule has 4 rings (SSSR count). The maximum absolute atomic E-state index is 13.5. The van der Waals surface area contributed by atoms with E-state index in [1.165, 1.54) is 6.42 Å². The molecule has 2 amide bonds. The van der Waals surface area contributed by atoms with Crippen LogP contribution in [0.5, 0.6) is 0 Å². The van der Waals surface area contributed by atoms with Crippen LogP contribution in [0, 0.1) is 0 Å². The van der Waals surface area contributed by atoms with Gasteiger partial charge in [-0.15, -0.1) is 0 Å². The molecule has 0 spiro atoms. The van der Waals surface area contributed by atoms with Gasteiger partial charge in [-0.25, -0.2) is 9.48 Å². The van der Waals surface area contributed by atoms with E-state index in [1.807, 2.05) is 54.6 Å². The SMILES string of the molecule is CC(C)(C)OC(=O)N1CCC(c2c(C(=O)N3CCCCC3)cnn2-c2ccc(Cl)cc2)CC1. The van der Waals surface area contributed by atoms with E-state index in [-0.39, 0.29) is 17.9 Å². The molecule has 178 valence electrons. The van der Waals surface area contributed by atoms with Gasteiger partial charge in [-0.2, -0.15) is 5.10 Å². The number of carbonyl (C=O) groups excluding carboxylic acids is 2. The highest BCUT2D eigenvalue weighted by molar-refractivity contribution is 6.30. The maximum atomic E-state index is 13.5. The Hall–Kier alpha value is -2.54. The van der Waals surface area contributed by atoms with Crippen LogP contribution in [0.4, 0.5) is 4.79 Å². The lowest BCUT2D eigenvalue weighted by Gasteiger charge is -2.34. The first-order valence-corrected chi connectivity index (χ1v) is 12.2. The summed E-state index contributed by atoms with van der Waals surface area (Å²) in [4.78, 5) is 29.7. The number of aromatic nitrogens is 2. The number of amides is 2. The molecule has 0 bridgehead atoms. The highest BCUT2D eigenvalue weighted by Crippen LogP contribution is 2.34. The molecule has 8 heteroatoms. The Kier molecular flexibility index (Phi) is 6.98. The number of hydrogen-bond acceptors (Lipinski definition) is 4. The third kappa shape index (κ3) is 5.52. The Balaban J connectivity index is 1.60. The number of carbonyl (C=O) groups is 2. The van der Waals surface area contributed by atoms with Gasteiger partial charge in [-0.3, -0.25) is 4.79 Å². The summed E-state index contributed by atoms with van der Waals surface area (Å²) in [6, 6.07) is 7.51. The minimum atomic E-state index is -0.519. The van der Waals surface area contributed by atoms with E-state index in [0.717, 1.165) is 50.2 Å². The Morgan fingerprint density at radius 2 is 1.61 bits per heavy atom. The van der Waals surface area contributed by atoms with Crippen molar-refractivity contribution in [2.45, 2.75) is 64.4 Å². The summed E-state index contributed by atoms with van der Waals surface area (Å²) in [5, 5.41) is 5.29. The monoisotopic (exact) mass is 472 g/mol. The Morgan fingerprint density at radius 1 is 0.970 bits per heavy atom. The van der Waals surface area contributed by atoms with Gasteiger partial charge in [0.05, 0.1) is 23.1 Å². The number of likely N-dealkylation sites (tertiary alicyclic amines) is 2. The van der Waals surface area contributed by atoms with Crippen molar-refractivity contribution in [2.24, 2.45) is 0 Å². The van der Waals surface area contributed by atoms with E-state index in [4.69, 9.17) is 16.3 Å². The van der Waals surface area contributed by atoms with Gasteiger partial charge in [-0.1, -0.05) is 11.6 Å². The number of halogens is 1. The van der Waals surface area contributed by atoms with E-state index in [2.05, 4.69) is 5.10 Å². The van der Waals surface area contributed by atoms with Crippen LogP contribution in [-0.2, 0) is 4.74 Å². The first kappa shape index (κ1) is 23.6. The van der Waals surface area contributed by atoms with Crippen LogP contribution in [0.25, 0.3) is 5.69 Å². The summed E-state index contributed by atoms with van der Waals surface area (Å²) >= 11 is 6.10. The molecule has 0 saturated carbocycles. The first-order valence-electron chi connectivity index (χ1n) is 11.8. The molecule has 0 atom stereocenters. The van der Waals surface area contributed by atoms with Crippen molar-refractivity contribution in [1.29, 1.82) is 0 Å². The molecule has 3 heterocycles. The highest BCUT2D eigenvalue weighted by Gasteiger charge is 2.33. The standard InChI is InChI=1S/C25H33ClN4O3/c1-25(2,3)33-24(32)29-15-11-18(12-16-29)22-21(23(31)28-13-5-4-6-14-28)17-27-30(22)20-9-7-19(26)8-10-20/h7-10,17-18H,4-6,11-16H2,1-3H3. The van der Waals surface area contributed by atoms with Gasteiger partial charge < -0.3 is 14.5 Å². The Bertz CT molecular complexity index is 982. The second kappa shape index (κ2) is 9.75. The lowest BCUT2D eigenvalue weighted by atomic mass is 9.90. The molecule has 2 aromatic rings. The number of ether oxygens (including phenoxy) is 1. The summed E-state index contributed by atoms with van der Waals surface area (Å²) in [5.41, 5.74) is 1.95. The van der Waals surface area contributed by atoms with E-state index in [0.29, 0.717) is 23.7 Å². The van der Waals surface area contributed by atoms with Crippen LogP contribution in [-0.4, -0.2) is 63.4 Å². The van der Waals surface area contributed by atoms with Crippen molar-refractivity contribution in [3.63, 3.8) is 0 Å². The first-order chi connectivity index (χ1) is 15.7. The minimum absolute atomic E-state index is 0.0551. The molecule has 7 nitrogen and oxygen atoms in total. The molecule has 2 aliphatic rings. The number of rotatable bonds is 3. The molecular weight excluding hydrogens is 440 g/mol. The fraction of sp³-hybridized carbons (Fsp3) is 0.560. The smallest absolute Gasteiger partial charge is 0.410 e. The molecular formula is C25H33ClN4O3. The third-order valence-corrected chi connectivity index (χ3v) is 6.54. The average molecular weight is 473 g/mol. The average Bonchev–Trinajstić information content (AvgIpc) is 3.23. The Labute approximate surface area is 200 Å². The van der Waals surface area contributed by atoms with Crippen LogP contribution in [0.15, 0.2) is 30.5 Å². The lowest BCUT2D eigenvalue weighted by Crippen LogP contribution is -2.42. The van der Waals surface area contributed by atoms with Gasteiger partial charge in [0.25, 0.3) is 5.91 Å². The highest BCUT2D eigenvalue weighted by atomic mass is 35.5. The van der Waals surface area contributed by atoms with E-state index < -0.39 is 5.60 Å². The van der Waals surface area contributed by atoms with Crippen molar-refractivity contribution in [3.05, 3.63) is 46.7 Å². The van der Waals surface area contributed by atoms with Crippen LogP contribution in [0.2, 0.25) is 5.02 Å². The summed E-state index contributed by atoms with van der Waals surface area (Å²) in [7, 11) is 0. The van der Waals surface area contributed by atoms with Gasteiger partial charge in [0.15, 0.2) is 0 Å². The maximum Gasteiger partial charge on any atom is 0.410 e. The molecule has 0 aliphatic carbocycles. The van der Waals surface area contributed by atoms with Gasteiger partial charge in [-0.05, 0) is 77.1 Å². The minimum Gasteiger partial charge on any atom is -0.444 e. The summed E-state index contributed by atoms with van der Waals surface area (Å²) in [6.45, 7) is 8.39. The van der Waals surface area contributed by atoms with Crippen LogP contribution >= 0.6 is 11.6 Å². The molecule has 1 aromatic carbocycles. The summed E-state index contributed by atoms with van der Waals surface area (Å²) in [5.74, 6) is 0.171. The fourth-order valence-corrected chi connectivity index (χ4v) is 4.76. The molecule has 2 fully saturated rings. The molecule has 33 heavy (non-hydrogen) atoms. The summed E-state index contributed by atoms with van der Waals surface area (Å²) < 4.78 is 7.42. The van der Waals surface area contributed by atoms with Gasteiger partial charge in [0.1, 0.15) is 5.60 Å². The third-order valence-electron chi connectivity index (χ3n) is 6.28. The van der Waals surface area contributed by atoms with E-state index in [1.54, 1.807) is 11.1 Å². The van der Waals surface area contributed by atoms with Crippen LogP contribution < -0.4 is 0 Å². The van der Waals surface area contributed by atoms with Crippen LogP contribution in [0.1, 0.15) is 74.8 Å². The number of nitrogens with zero attached hydrogens (tertiary/aromatic N) is 4. The second-order valence-electron chi connectivity index (χ2n) is 9.93. The normalized spacial score (nSPS) is 17.8. The van der Waals surface area contributed by atoms with Crippen molar-refractivity contribution in [3.8, 4) is 5.69 Å². The van der Waals surface area contributed by atoms with Crippen LogP contribution in [0.3, 0.4) is 0 Å². The van der Waals surface area contributed by atoms with Crippen molar-refractivity contribution >= 4 is 23.6 Å². The van der Waals surface area contributed by atoms with E-state index >= 15 is 0 Å².